The van der Waals surface area contributed by atoms with Crippen molar-refractivity contribution in [3.63, 3.8) is 0 Å². The summed E-state index contributed by atoms with van der Waals surface area (Å²) in [5, 5.41) is 0. The van der Waals surface area contributed by atoms with Gasteiger partial charge in [-0.3, -0.25) is 4.90 Å². The van der Waals surface area contributed by atoms with Gasteiger partial charge in [-0.1, -0.05) is 20.8 Å². The van der Waals surface area contributed by atoms with Crippen LogP contribution in [0.25, 0.3) is 0 Å². The van der Waals surface area contributed by atoms with E-state index in [0.717, 1.165) is 11.8 Å². The van der Waals surface area contributed by atoms with Crippen molar-refractivity contribution in [3.05, 3.63) is 0 Å². The number of nitrogens with zero attached hydrogens (tertiary/aromatic N) is 2. The second-order valence-corrected chi connectivity index (χ2v) is 8.35. The molecule has 2 heteroatoms. The Balaban J connectivity index is 1.88. The average molecular weight is 238 g/mol. The highest BCUT2D eigenvalue weighted by Crippen LogP contribution is 2.35. The summed E-state index contributed by atoms with van der Waals surface area (Å²) >= 11 is 0. The Morgan fingerprint density at radius 3 is 1.65 bits per heavy atom. The molecule has 0 aliphatic carbocycles. The lowest BCUT2D eigenvalue weighted by molar-refractivity contribution is 0.140. The highest BCUT2D eigenvalue weighted by atomic mass is 15.3. The fraction of sp³-hybridized carbons (Fsp3) is 1.00. The molecule has 2 atom stereocenters. The molecule has 2 nitrogen and oxygen atoms in total. The molecule has 2 fully saturated rings. The molecule has 2 aliphatic rings. The van der Waals surface area contributed by atoms with Gasteiger partial charge >= 0.3 is 0 Å². The summed E-state index contributed by atoms with van der Waals surface area (Å²) in [6.07, 6.45) is 0. The SMILES string of the molecule is CC(C)(C)CN1CC2CN(C(C)(C)C)CC2C1. The summed E-state index contributed by atoms with van der Waals surface area (Å²) in [5.41, 5.74) is 0.807. The zero-order valence-corrected chi connectivity index (χ0v) is 12.6. The molecule has 2 saturated heterocycles. The Bertz CT molecular complexity index is 258. The minimum Gasteiger partial charge on any atom is -0.302 e. The lowest BCUT2D eigenvalue weighted by atomic mass is 9.96. The first-order chi connectivity index (χ1) is 7.65. The number of fused-ring (bicyclic) bond motifs is 1. The van der Waals surface area contributed by atoms with Gasteiger partial charge in [-0.25, -0.2) is 0 Å². The Kier molecular flexibility index (Phi) is 3.33. The van der Waals surface area contributed by atoms with E-state index in [0.29, 0.717) is 11.0 Å². The summed E-state index contributed by atoms with van der Waals surface area (Å²) in [7, 11) is 0. The third-order valence-electron chi connectivity index (χ3n) is 4.21. The topological polar surface area (TPSA) is 6.48 Å². The molecule has 0 N–H and O–H groups in total. The summed E-state index contributed by atoms with van der Waals surface area (Å²) in [4.78, 5) is 5.37. The average Bonchev–Trinajstić information content (AvgIpc) is 2.55. The fourth-order valence-electron chi connectivity index (χ4n) is 3.44. The van der Waals surface area contributed by atoms with Gasteiger partial charge in [0.1, 0.15) is 0 Å². The van der Waals surface area contributed by atoms with Gasteiger partial charge in [-0.2, -0.15) is 0 Å². The van der Waals surface area contributed by atoms with Gasteiger partial charge < -0.3 is 4.90 Å². The van der Waals surface area contributed by atoms with Crippen LogP contribution in [-0.2, 0) is 0 Å². The van der Waals surface area contributed by atoms with Crippen molar-refractivity contribution >= 4 is 0 Å². The molecule has 2 unspecified atom stereocenters. The van der Waals surface area contributed by atoms with Crippen molar-refractivity contribution in [1.82, 2.24) is 9.80 Å². The maximum atomic E-state index is 2.69. The standard InChI is InChI=1S/C15H30N2/c1-14(2,3)11-16-7-12-9-17(15(4,5)6)10-13(12)8-16/h12-13H,7-11H2,1-6H3. The second kappa shape index (κ2) is 4.24. The van der Waals surface area contributed by atoms with Gasteiger partial charge in [-0.15, -0.1) is 0 Å². The minimum atomic E-state index is 0.360. The van der Waals surface area contributed by atoms with E-state index in [1.54, 1.807) is 0 Å². The van der Waals surface area contributed by atoms with Crippen molar-refractivity contribution in [2.24, 2.45) is 17.3 Å². The van der Waals surface area contributed by atoms with Crippen molar-refractivity contribution in [3.8, 4) is 0 Å². The molecule has 0 radical (unpaired) electrons. The van der Waals surface area contributed by atoms with Crippen molar-refractivity contribution in [1.29, 1.82) is 0 Å². The molecule has 0 bridgehead atoms. The van der Waals surface area contributed by atoms with Crippen LogP contribution in [0.3, 0.4) is 0 Å². The molecule has 0 aromatic carbocycles. The van der Waals surface area contributed by atoms with Crippen molar-refractivity contribution in [2.75, 3.05) is 32.7 Å². The summed E-state index contributed by atoms with van der Waals surface area (Å²) in [6.45, 7) is 20.6. The molecule has 0 aromatic heterocycles. The predicted molar refractivity (Wildman–Crippen MR) is 74.2 cm³/mol. The van der Waals surface area contributed by atoms with E-state index in [9.17, 15) is 0 Å². The molecule has 17 heavy (non-hydrogen) atoms. The monoisotopic (exact) mass is 238 g/mol. The van der Waals surface area contributed by atoms with Crippen LogP contribution in [-0.4, -0.2) is 48.1 Å². The van der Waals surface area contributed by atoms with E-state index in [2.05, 4.69) is 51.3 Å². The summed E-state index contributed by atoms with van der Waals surface area (Å²) in [5.74, 6) is 1.85. The van der Waals surface area contributed by atoms with Gasteiger partial charge in [0.05, 0.1) is 0 Å². The van der Waals surface area contributed by atoms with Crippen LogP contribution in [0.1, 0.15) is 41.5 Å². The van der Waals surface area contributed by atoms with Crippen LogP contribution >= 0.6 is 0 Å². The largest absolute Gasteiger partial charge is 0.302 e. The smallest absolute Gasteiger partial charge is 0.0125 e. The number of hydrogen-bond donors (Lipinski definition) is 0. The first-order valence-electron chi connectivity index (χ1n) is 7.12. The molecule has 100 valence electrons. The maximum absolute atomic E-state index is 2.69. The predicted octanol–water partition coefficient (Wildman–Crippen LogP) is 2.69. The van der Waals surface area contributed by atoms with Crippen LogP contribution in [0.5, 0.6) is 0 Å². The molecule has 2 heterocycles. The number of rotatable bonds is 1. The van der Waals surface area contributed by atoms with E-state index in [-0.39, 0.29) is 0 Å². The van der Waals surface area contributed by atoms with Crippen LogP contribution < -0.4 is 0 Å². The lowest BCUT2D eigenvalue weighted by Crippen LogP contribution is -2.42. The van der Waals surface area contributed by atoms with Crippen LogP contribution in [0.2, 0.25) is 0 Å². The van der Waals surface area contributed by atoms with Crippen LogP contribution in [0.15, 0.2) is 0 Å². The molecule has 0 saturated carbocycles. The van der Waals surface area contributed by atoms with E-state index in [1.165, 1.54) is 32.7 Å². The molecule has 0 amide bonds. The van der Waals surface area contributed by atoms with Crippen molar-refractivity contribution < 1.29 is 0 Å². The quantitative estimate of drug-likeness (QED) is 0.693. The van der Waals surface area contributed by atoms with Gasteiger partial charge in [0.25, 0.3) is 0 Å². The van der Waals surface area contributed by atoms with Gasteiger partial charge in [0.2, 0.25) is 0 Å². The number of hydrogen-bond acceptors (Lipinski definition) is 2. The van der Waals surface area contributed by atoms with Gasteiger partial charge in [0, 0.05) is 38.3 Å². The Labute approximate surface area is 107 Å². The third kappa shape index (κ3) is 3.23. The first kappa shape index (κ1) is 13.4. The highest BCUT2D eigenvalue weighted by molar-refractivity contribution is 4.97. The maximum Gasteiger partial charge on any atom is 0.0125 e. The zero-order chi connectivity index (χ0) is 12.8. The van der Waals surface area contributed by atoms with E-state index in [4.69, 9.17) is 0 Å². The normalized spacial score (nSPS) is 32.1. The van der Waals surface area contributed by atoms with E-state index < -0.39 is 0 Å². The van der Waals surface area contributed by atoms with Crippen LogP contribution in [0.4, 0.5) is 0 Å². The molecule has 2 rings (SSSR count). The third-order valence-corrected chi connectivity index (χ3v) is 4.21. The van der Waals surface area contributed by atoms with E-state index >= 15 is 0 Å². The minimum absolute atomic E-state index is 0.360. The van der Waals surface area contributed by atoms with Gasteiger partial charge in [0.15, 0.2) is 0 Å². The van der Waals surface area contributed by atoms with E-state index in [1.807, 2.05) is 0 Å². The van der Waals surface area contributed by atoms with Crippen LogP contribution in [0, 0.1) is 17.3 Å². The first-order valence-corrected chi connectivity index (χ1v) is 7.12. The Hall–Kier alpha value is -0.0800. The molecule has 0 aromatic rings. The number of likely N-dealkylation sites (tertiary alicyclic amines) is 2. The zero-order valence-electron chi connectivity index (χ0n) is 12.6. The van der Waals surface area contributed by atoms with Crippen molar-refractivity contribution in [2.45, 2.75) is 47.1 Å². The van der Waals surface area contributed by atoms with Gasteiger partial charge in [-0.05, 0) is 38.0 Å². The Morgan fingerprint density at radius 1 is 0.824 bits per heavy atom. The molecule has 0 spiro atoms. The lowest BCUT2D eigenvalue weighted by Gasteiger charge is -2.34. The highest BCUT2D eigenvalue weighted by Gasteiger charge is 2.43. The molecule has 2 aliphatic heterocycles. The molecular weight excluding hydrogens is 208 g/mol. The fourth-order valence-corrected chi connectivity index (χ4v) is 3.44. The Morgan fingerprint density at radius 2 is 1.29 bits per heavy atom. The second-order valence-electron chi connectivity index (χ2n) is 8.35. The summed E-state index contributed by atoms with van der Waals surface area (Å²) < 4.78 is 0. The summed E-state index contributed by atoms with van der Waals surface area (Å²) in [6, 6.07) is 0. The molecular formula is C15H30N2.